The van der Waals surface area contributed by atoms with Crippen molar-refractivity contribution in [3.05, 3.63) is 35.2 Å². The van der Waals surface area contributed by atoms with Crippen molar-refractivity contribution in [3.63, 3.8) is 0 Å². The van der Waals surface area contributed by atoms with Crippen LogP contribution in [-0.4, -0.2) is 35.7 Å². The van der Waals surface area contributed by atoms with Gasteiger partial charge in [-0.1, -0.05) is 18.2 Å². The van der Waals surface area contributed by atoms with Gasteiger partial charge in [-0.2, -0.15) is 0 Å². The molecule has 1 aliphatic heterocycles. The molecule has 0 unspecified atom stereocenters. The number of likely N-dealkylation sites (tertiary alicyclic amines) is 1. The van der Waals surface area contributed by atoms with Gasteiger partial charge in [0.15, 0.2) is 0 Å². The number of ether oxygens (including phenoxy) is 1. The van der Waals surface area contributed by atoms with E-state index in [1.54, 1.807) is 0 Å². The van der Waals surface area contributed by atoms with E-state index in [4.69, 9.17) is 4.74 Å². The third-order valence-electron chi connectivity index (χ3n) is 4.16. The van der Waals surface area contributed by atoms with Crippen LogP contribution >= 0.6 is 11.3 Å². The van der Waals surface area contributed by atoms with Crippen molar-refractivity contribution in [1.82, 2.24) is 10.2 Å². The zero-order chi connectivity index (χ0) is 17.2. The van der Waals surface area contributed by atoms with Crippen molar-refractivity contribution >= 4 is 27.5 Å². The van der Waals surface area contributed by atoms with E-state index in [1.807, 2.05) is 37.0 Å². The Kier molecular flexibility index (Phi) is 5.11. The Bertz CT molecular complexity index is 672. The molecule has 0 spiro atoms. The maximum absolute atomic E-state index is 12.3. The number of nitrogens with one attached hydrogen (secondary N) is 1. The number of hydrogen-bond donors (Lipinski definition) is 1. The van der Waals surface area contributed by atoms with Crippen LogP contribution < -0.4 is 5.32 Å². The van der Waals surface area contributed by atoms with Gasteiger partial charge in [0.05, 0.1) is 0 Å². The molecule has 1 fully saturated rings. The molecule has 1 atom stereocenters. The lowest BCUT2D eigenvalue weighted by Gasteiger charge is -2.28. The summed E-state index contributed by atoms with van der Waals surface area (Å²) in [6, 6.07) is 10.9. The standard InChI is InChI=1S/C19H26N2O2S/c1-19(2,3)23-18(22)21-10-6-8-15(21)12-20-13-16-11-14-7-4-5-9-17(14)24-16/h4-5,7,9,11,15,20H,6,8,10,12-13H2,1-3H3/t15-/m0/s1. The van der Waals surface area contributed by atoms with E-state index in [0.717, 1.165) is 32.5 Å². The van der Waals surface area contributed by atoms with Gasteiger partial charge in [0.2, 0.25) is 0 Å². The molecule has 0 aliphatic carbocycles. The Morgan fingerprint density at radius 1 is 1.38 bits per heavy atom. The molecule has 1 aromatic heterocycles. The molecule has 24 heavy (non-hydrogen) atoms. The first-order chi connectivity index (χ1) is 11.4. The molecule has 2 heterocycles. The highest BCUT2D eigenvalue weighted by atomic mass is 32.1. The van der Waals surface area contributed by atoms with Gasteiger partial charge >= 0.3 is 6.09 Å². The van der Waals surface area contributed by atoms with E-state index in [1.165, 1.54) is 15.0 Å². The molecule has 1 amide bonds. The van der Waals surface area contributed by atoms with E-state index in [0.29, 0.717) is 0 Å². The van der Waals surface area contributed by atoms with Crippen molar-refractivity contribution in [2.45, 2.75) is 51.8 Å². The minimum atomic E-state index is -0.436. The maximum atomic E-state index is 12.3. The number of hydrogen-bond acceptors (Lipinski definition) is 4. The Balaban J connectivity index is 1.52. The fourth-order valence-corrected chi connectivity index (χ4v) is 4.13. The SMILES string of the molecule is CC(C)(C)OC(=O)N1CCC[C@H]1CNCc1cc2ccccc2s1. The van der Waals surface area contributed by atoms with Gasteiger partial charge in [0.25, 0.3) is 0 Å². The molecule has 4 nitrogen and oxygen atoms in total. The summed E-state index contributed by atoms with van der Waals surface area (Å²) in [5, 5.41) is 4.81. The minimum Gasteiger partial charge on any atom is -0.444 e. The number of carbonyl (C=O) groups is 1. The summed E-state index contributed by atoms with van der Waals surface area (Å²) in [7, 11) is 0. The number of rotatable bonds is 4. The number of fused-ring (bicyclic) bond motifs is 1. The Morgan fingerprint density at radius 2 is 2.17 bits per heavy atom. The average molecular weight is 346 g/mol. The molecule has 0 bridgehead atoms. The van der Waals surface area contributed by atoms with Crippen LogP contribution in [0, 0.1) is 0 Å². The minimum absolute atomic E-state index is 0.186. The van der Waals surface area contributed by atoms with Crippen LogP contribution in [0.2, 0.25) is 0 Å². The molecule has 1 aromatic carbocycles. The smallest absolute Gasteiger partial charge is 0.410 e. The fourth-order valence-electron chi connectivity index (χ4n) is 3.09. The zero-order valence-electron chi connectivity index (χ0n) is 14.7. The highest BCUT2D eigenvalue weighted by Crippen LogP contribution is 2.25. The molecule has 1 N–H and O–H groups in total. The summed E-state index contributed by atoms with van der Waals surface area (Å²) in [6.45, 7) is 8.19. The predicted molar refractivity (Wildman–Crippen MR) is 99.5 cm³/mol. The lowest BCUT2D eigenvalue weighted by atomic mass is 10.2. The molecule has 0 radical (unpaired) electrons. The monoisotopic (exact) mass is 346 g/mol. The average Bonchev–Trinajstić information content (AvgIpc) is 3.11. The van der Waals surface area contributed by atoms with Crippen LogP contribution in [0.15, 0.2) is 30.3 Å². The summed E-state index contributed by atoms with van der Waals surface area (Å²) in [5.41, 5.74) is -0.436. The number of amides is 1. The molecule has 130 valence electrons. The summed E-state index contributed by atoms with van der Waals surface area (Å²) < 4.78 is 6.84. The van der Waals surface area contributed by atoms with Gasteiger partial charge in [0, 0.05) is 35.3 Å². The second-order valence-electron chi connectivity index (χ2n) is 7.35. The van der Waals surface area contributed by atoms with Gasteiger partial charge in [-0.15, -0.1) is 11.3 Å². The number of benzene rings is 1. The maximum Gasteiger partial charge on any atom is 0.410 e. The zero-order valence-corrected chi connectivity index (χ0v) is 15.5. The van der Waals surface area contributed by atoms with E-state index < -0.39 is 5.60 Å². The lowest BCUT2D eigenvalue weighted by molar-refractivity contribution is 0.0226. The molecule has 1 saturated heterocycles. The normalized spacial score (nSPS) is 18.3. The van der Waals surface area contributed by atoms with Gasteiger partial charge < -0.3 is 15.0 Å². The Hall–Kier alpha value is -1.59. The third kappa shape index (κ3) is 4.28. The molecular formula is C19H26N2O2S. The first-order valence-electron chi connectivity index (χ1n) is 8.60. The topological polar surface area (TPSA) is 41.6 Å². The second kappa shape index (κ2) is 7.11. The van der Waals surface area contributed by atoms with Crippen molar-refractivity contribution in [3.8, 4) is 0 Å². The lowest BCUT2D eigenvalue weighted by Crippen LogP contribution is -2.43. The Morgan fingerprint density at radius 3 is 2.92 bits per heavy atom. The van der Waals surface area contributed by atoms with Crippen LogP contribution in [0.25, 0.3) is 10.1 Å². The summed E-state index contributed by atoms with van der Waals surface area (Å²) in [6.07, 6.45) is 1.90. The van der Waals surface area contributed by atoms with E-state index in [2.05, 4.69) is 35.6 Å². The van der Waals surface area contributed by atoms with Gasteiger partial charge in [-0.3, -0.25) is 0 Å². The van der Waals surface area contributed by atoms with Crippen LogP contribution in [0.1, 0.15) is 38.5 Å². The fraction of sp³-hybridized carbons (Fsp3) is 0.526. The van der Waals surface area contributed by atoms with E-state index in [-0.39, 0.29) is 12.1 Å². The largest absolute Gasteiger partial charge is 0.444 e. The third-order valence-corrected chi connectivity index (χ3v) is 5.28. The van der Waals surface area contributed by atoms with Crippen molar-refractivity contribution in [2.24, 2.45) is 0 Å². The quantitative estimate of drug-likeness (QED) is 0.893. The van der Waals surface area contributed by atoms with Crippen molar-refractivity contribution in [2.75, 3.05) is 13.1 Å². The van der Waals surface area contributed by atoms with Gasteiger partial charge in [-0.25, -0.2) is 4.79 Å². The van der Waals surface area contributed by atoms with Crippen LogP contribution in [0.4, 0.5) is 4.79 Å². The highest BCUT2D eigenvalue weighted by molar-refractivity contribution is 7.19. The van der Waals surface area contributed by atoms with E-state index >= 15 is 0 Å². The molecule has 2 aromatic rings. The van der Waals surface area contributed by atoms with E-state index in [9.17, 15) is 4.79 Å². The molecule has 3 rings (SSSR count). The van der Waals surface area contributed by atoms with Gasteiger partial charge in [0.1, 0.15) is 5.60 Å². The van der Waals surface area contributed by atoms with Crippen molar-refractivity contribution in [1.29, 1.82) is 0 Å². The molecular weight excluding hydrogens is 320 g/mol. The molecule has 0 saturated carbocycles. The summed E-state index contributed by atoms with van der Waals surface area (Å²) in [4.78, 5) is 15.5. The highest BCUT2D eigenvalue weighted by Gasteiger charge is 2.31. The second-order valence-corrected chi connectivity index (χ2v) is 8.52. The summed E-state index contributed by atoms with van der Waals surface area (Å²) in [5.74, 6) is 0. The summed E-state index contributed by atoms with van der Waals surface area (Å²) >= 11 is 1.83. The molecule has 5 heteroatoms. The predicted octanol–water partition coefficient (Wildman–Crippen LogP) is 4.39. The van der Waals surface area contributed by atoms with Crippen LogP contribution in [0.3, 0.4) is 0 Å². The Labute approximate surface area is 147 Å². The first-order valence-corrected chi connectivity index (χ1v) is 9.42. The number of carbonyl (C=O) groups excluding carboxylic acids is 1. The number of thiophene rings is 1. The van der Waals surface area contributed by atoms with Gasteiger partial charge in [-0.05, 0) is 51.1 Å². The number of nitrogens with zero attached hydrogens (tertiary/aromatic N) is 1. The van der Waals surface area contributed by atoms with Crippen molar-refractivity contribution < 1.29 is 9.53 Å². The van der Waals surface area contributed by atoms with Crippen LogP contribution in [-0.2, 0) is 11.3 Å². The molecule has 1 aliphatic rings. The van der Waals surface area contributed by atoms with Crippen LogP contribution in [0.5, 0.6) is 0 Å². The first kappa shape index (κ1) is 17.2.